The standard InChI is InChI=1S/C16H24N2O2.ClH/c1-20-15-5-3-2-4-14(15)12-13-7-10-18(11-8-13)16(19)6-9-17;/h2-5,13H,6-12,17H2,1H3;1H. The monoisotopic (exact) mass is 312 g/mol. The molecule has 1 fully saturated rings. The Kier molecular flexibility index (Phi) is 7.54. The number of methoxy groups -OCH3 is 1. The molecular formula is C16H25ClN2O2. The molecule has 0 aliphatic carbocycles. The van der Waals surface area contributed by atoms with Crippen molar-refractivity contribution in [2.24, 2.45) is 11.7 Å². The fourth-order valence-electron chi connectivity index (χ4n) is 2.85. The molecule has 0 spiro atoms. The lowest BCUT2D eigenvalue weighted by Crippen LogP contribution is -2.39. The predicted molar refractivity (Wildman–Crippen MR) is 86.9 cm³/mol. The fourth-order valence-corrected chi connectivity index (χ4v) is 2.85. The lowest BCUT2D eigenvalue weighted by Gasteiger charge is -2.32. The molecule has 0 bridgehead atoms. The summed E-state index contributed by atoms with van der Waals surface area (Å²) >= 11 is 0. The van der Waals surface area contributed by atoms with Crippen LogP contribution in [0.3, 0.4) is 0 Å². The molecule has 2 rings (SSSR count). The van der Waals surface area contributed by atoms with Gasteiger partial charge in [-0.1, -0.05) is 18.2 Å². The third-order valence-corrected chi connectivity index (χ3v) is 4.03. The maximum atomic E-state index is 11.8. The van der Waals surface area contributed by atoms with E-state index in [1.807, 2.05) is 17.0 Å². The molecule has 4 nitrogen and oxygen atoms in total. The maximum absolute atomic E-state index is 11.8. The highest BCUT2D eigenvalue weighted by atomic mass is 35.5. The van der Waals surface area contributed by atoms with E-state index in [9.17, 15) is 4.79 Å². The van der Waals surface area contributed by atoms with Gasteiger partial charge < -0.3 is 15.4 Å². The second-order valence-electron chi connectivity index (χ2n) is 5.38. The number of ether oxygens (including phenoxy) is 1. The van der Waals surface area contributed by atoms with E-state index >= 15 is 0 Å². The van der Waals surface area contributed by atoms with E-state index in [0.29, 0.717) is 18.9 Å². The molecule has 0 aromatic heterocycles. The van der Waals surface area contributed by atoms with Gasteiger partial charge in [0.15, 0.2) is 0 Å². The first-order valence-corrected chi connectivity index (χ1v) is 7.34. The van der Waals surface area contributed by atoms with Gasteiger partial charge in [0, 0.05) is 26.1 Å². The number of hydrogen-bond acceptors (Lipinski definition) is 3. The first-order chi connectivity index (χ1) is 9.74. The van der Waals surface area contributed by atoms with Gasteiger partial charge >= 0.3 is 0 Å². The number of rotatable bonds is 5. The fraction of sp³-hybridized carbons (Fsp3) is 0.562. The summed E-state index contributed by atoms with van der Waals surface area (Å²) in [6.45, 7) is 2.16. The summed E-state index contributed by atoms with van der Waals surface area (Å²) in [7, 11) is 1.72. The third kappa shape index (κ3) is 4.90. The van der Waals surface area contributed by atoms with Gasteiger partial charge in [-0.3, -0.25) is 4.79 Å². The van der Waals surface area contributed by atoms with Gasteiger partial charge in [-0.2, -0.15) is 0 Å². The van der Waals surface area contributed by atoms with E-state index in [0.717, 1.165) is 38.1 Å². The molecule has 21 heavy (non-hydrogen) atoms. The van der Waals surface area contributed by atoms with Crippen LogP contribution in [-0.4, -0.2) is 37.6 Å². The molecule has 1 amide bonds. The van der Waals surface area contributed by atoms with E-state index in [1.54, 1.807) is 7.11 Å². The second-order valence-corrected chi connectivity index (χ2v) is 5.38. The SMILES string of the molecule is COc1ccccc1CC1CCN(C(=O)CCN)CC1.Cl. The molecule has 0 atom stereocenters. The Morgan fingerprint density at radius 1 is 1.33 bits per heavy atom. The number of para-hydroxylation sites is 1. The predicted octanol–water partition coefficient (Wildman–Crippen LogP) is 2.25. The lowest BCUT2D eigenvalue weighted by atomic mass is 9.89. The Balaban J connectivity index is 0.00000220. The van der Waals surface area contributed by atoms with Gasteiger partial charge in [-0.05, 0) is 36.8 Å². The van der Waals surface area contributed by atoms with Gasteiger partial charge in [-0.25, -0.2) is 0 Å². The largest absolute Gasteiger partial charge is 0.496 e. The molecule has 1 heterocycles. The number of benzene rings is 1. The van der Waals surface area contributed by atoms with Gasteiger partial charge in [0.2, 0.25) is 5.91 Å². The Bertz CT molecular complexity index is 446. The quantitative estimate of drug-likeness (QED) is 0.907. The molecule has 1 aromatic carbocycles. The number of nitrogens with zero attached hydrogens (tertiary/aromatic N) is 1. The summed E-state index contributed by atoms with van der Waals surface area (Å²) in [5.74, 6) is 1.80. The average Bonchev–Trinajstić information content (AvgIpc) is 2.49. The van der Waals surface area contributed by atoms with E-state index < -0.39 is 0 Å². The molecule has 1 saturated heterocycles. The minimum absolute atomic E-state index is 0. The first kappa shape index (κ1) is 17.8. The Hall–Kier alpha value is -1.26. The number of halogens is 1. The molecule has 1 aromatic rings. The van der Waals surface area contributed by atoms with Crippen LogP contribution in [0.25, 0.3) is 0 Å². The van der Waals surface area contributed by atoms with Crippen LogP contribution in [-0.2, 0) is 11.2 Å². The number of carbonyl (C=O) groups is 1. The van der Waals surface area contributed by atoms with Crippen LogP contribution in [0.2, 0.25) is 0 Å². The van der Waals surface area contributed by atoms with E-state index in [4.69, 9.17) is 10.5 Å². The number of piperidine rings is 1. The molecule has 1 aliphatic rings. The Morgan fingerprint density at radius 3 is 2.62 bits per heavy atom. The highest BCUT2D eigenvalue weighted by Gasteiger charge is 2.23. The number of nitrogens with two attached hydrogens (primary N) is 1. The summed E-state index contributed by atoms with van der Waals surface area (Å²) in [4.78, 5) is 13.7. The van der Waals surface area contributed by atoms with Crippen LogP contribution in [0.4, 0.5) is 0 Å². The summed E-state index contributed by atoms with van der Waals surface area (Å²) in [5.41, 5.74) is 6.70. The molecule has 118 valence electrons. The van der Waals surface area contributed by atoms with E-state index in [2.05, 4.69) is 12.1 Å². The van der Waals surface area contributed by atoms with Gasteiger partial charge in [-0.15, -0.1) is 12.4 Å². The minimum Gasteiger partial charge on any atom is -0.496 e. The summed E-state index contributed by atoms with van der Waals surface area (Å²) in [5, 5.41) is 0. The van der Waals surface area contributed by atoms with Crippen LogP contribution < -0.4 is 10.5 Å². The van der Waals surface area contributed by atoms with Gasteiger partial charge in [0.05, 0.1) is 7.11 Å². The number of carbonyl (C=O) groups excluding carboxylic acids is 1. The third-order valence-electron chi connectivity index (χ3n) is 4.03. The molecule has 0 radical (unpaired) electrons. The Morgan fingerprint density at radius 2 is 2.00 bits per heavy atom. The van der Waals surface area contributed by atoms with Crippen molar-refractivity contribution in [3.05, 3.63) is 29.8 Å². The molecule has 2 N–H and O–H groups in total. The zero-order chi connectivity index (χ0) is 14.4. The summed E-state index contributed by atoms with van der Waals surface area (Å²) in [6, 6.07) is 8.19. The number of likely N-dealkylation sites (tertiary alicyclic amines) is 1. The van der Waals surface area contributed by atoms with Crippen molar-refractivity contribution in [3.63, 3.8) is 0 Å². The average molecular weight is 313 g/mol. The molecular weight excluding hydrogens is 288 g/mol. The topological polar surface area (TPSA) is 55.6 Å². The first-order valence-electron chi connectivity index (χ1n) is 7.34. The smallest absolute Gasteiger partial charge is 0.223 e. The van der Waals surface area contributed by atoms with E-state index in [1.165, 1.54) is 5.56 Å². The number of hydrogen-bond donors (Lipinski definition) is 1. The van der Waals surface area contributed by atoms with Gasteiger partial charge in [0.1, 0.15) is 5.75 Å². The Labute approximate surface area is 133 Å². The van der Waals surface area contributed by atoms with Crippen molar-refractivity contribution in [3.8, 4) is 5.75 Å². The van der Waals surface area contributed by atoms with Crippen LogP contribution in [0, 0.1) is 5.92 Å². The number of amides is 1. The molecule has 0 saturated carbocycles. The van der Waals surface area contributed by atoms with Crippen molar-refractivity contribution in [2.75, 3.05) is 26.7 Å². The highest BCUT2D eigenvalue weighted by molar-refractivity contribution is 5.85. The molecule has 0 unspecified atom stereocenters. The minimum atomic E-state index is 0. The second kappa shape index (κ2) is 8.90. The highest BCUT2D eigenvalue weighted by Crippen LogP contribution is 2.26. The van der Waals surface area contributed by atoms with Crippen molar-refractivity contribution < 1.29 is 9.53 Å². The zero-order valence-electron chi connectivity index (χ0n) is 12.6. The van der Waals surface area contributed by atoms with Crippen LogP contribution in [0.1, 0.15) is 24.8 Å². The van der Waals surface area contributed by atoms with Crippen LogP contribution in [0.5, 0.6) is 5.75 Å². The normalized spacial score (nSPS) is 15.4. The van der Waals surface area contributed by atoms with Crippen molar-refractivity contribution in [1.82, 2.24) is 4.90 Å². The van der Waals surface area contributed by atoms with Gasteiger partial charge in [0.25, 0.3) is 0 Å². The van der Waals surface area contributed by atoms with Crippen LogP contribution >= 0.6 is 12.4 Å². The van der Waals surface area contributed by atoms with Crippen molar-refractivity contribution in [1.29, 1.82) is 0 Å². The van der Waals surface area contributed by atoms with Crippen molar-refractivity contribution >= 4 is 18.3 Å². The maximum Gasteiger partial charge on any atom is 0.223 e. The molecule has 5 heteroatoms. The molecule has 1 aliphatic heterocycles. The lowest BCUT2D eigenvalue weighted by molar-refractivity contribution is -0.132. The van der Waals surface area contributed by atoms with Crippen LogP contribution in [0.15, 0.2) is 24.3 Å². The summed E-state index contributed by atoms with van der Waals surface area (Å²) in [6.07, 6.45) is 3.63. The van der Waals surface area contributed by atoms with E-state index in [-0.39, 0.29) is 18.3 Å². The zero-order valence-corrected chi connectivity index (χ0v) is 13.4. The summed E-state index contributed by atoms with van der Waals surface area (Å²) < 4.78 is 5.40. The van der Waals surface area contributed by atoms with Crippen molar-refractivity contribution in [2.45, 2.75) is 25.7 Å².